The molecule has 0 saturated carbocycles. The molecule has 1 unspecified atom stereocenters. The van der Waals surface area contributed by atoms with Crippen molar-refractivity contribution in [3.8, 4) is 0 Å². The molecule has 3 heterocycles. The zero-order chi connectivity index (χ0) is 19.6. The Morgan fingerprint density at radius 2 is 1.93 bits per heavy atom. The highest BCUT2D eigenvalue weighted by Crippen LogP contribution is 2.28. The molecule has 9 heteroatoms. The van der Waals surface area contributed by atoms with Crippen LogP contribution in [0.2, 0.25) is 0 Å². The number of carbonyl (C=O) groups excluding carboxylic acids is 1. The number of ether oxygens (including phenoxy) is 1. The quantitative estimate of drug-likeness (QED) is 0.696. The number of aromatic nitrogens is 1. The van der Waals surface area contributed by atoms with Gasteiger partial charge in [-0.15, -0.1) is 0 Å². The summed E-state index contributed by atoms with van der Waals surface area (Å²) in [6, 6.07) is 0. The van der Waals surface area contributed by atoms with Crippen LogP contribution in [0.4, 0.5) is 0 Å². The van der Waals surface area contributed by atoms with Crippen molar-refractivity contribution in [3.63, 3.8) is 0 Å². The van der Waals surface area contributed by atoms with Crippen LogP contribution in [0.15, 0.2) is 9.42 Å². The van der Waals surface area contributed by atoms with Gasteiger partial charge in [0.2, 0.25) is 10.0 Å². The average molecular weight is 400 g/mol. The van der Waals surface area contributed by atoms with Gasteiger partial charge in [0, 0.05) is 19.6 Å². The number of esters is 1. The number of aryl methyl sites for hydroxylation is 2. The van der Waals surface area contributed by atoms with Crippen LogP contribution in [-0.2, 0) is 19.6 Å². The predicted molar refractivity (Wildman–Crippen MR) is 98.7 cm³/mol. The number of likely N-dealkylation sites (tertiary alicyclic amines) is 1. The molecule has 1 aromatic rings. The molecular weight excluding hydrogens is 370 g/mol. The molecule has 2 saturated heterocycles. The fraction of sp³-hybridized carbons (Fsp3) is 0.778. The predicted octanol–water partition coefficient (Wildman–Crippen LogP) is 1.72. The molecule has 0 radical (unpaired) electrons. The van der Waals surface area contributed by atoms with Crippen molar-refractivity contribution >= 4 is 16.0 Å². The van der Waals surface area contributed by atoms with Crippen molar-refractivity contribution in [2.75, 3.05) is 32.7 Å². The first-order valence-electron chi connectivity index (χ1n) is 9.68. The molecule has 2 aliphatic rings. The lowest BCUT2D eigenvalue weighted by Crippen LogP contribution is -2.44. The second-order valence-electron chi connectivity index (χ2n) is 7.43. The Bertz CT molecular complexity index is 748. The molecule has 0 bridgehead atoms. The van der Waals surface area contributed by atoms with Crippen LogP contribution in [-0.4, -0.2) is 67.6 Å². The smallest absolute Gasteiger partial charge is 0.309 e. The molecule has 3 rings (SSSR count). The van der Waals surface area contributed by atoms with Crippen molar-refractivity contribution in [1.82, 2.24) is 14.4 Å². The summed E-state index contributed by atoms with van der Waals surface area (Å²) in [7, 11) is -3.65. The summed E-state index contributed by atoms with van der Waals surface area (Å²) < 4.78 is 37.9. The maximum atomic E-state index is 12.9. The molecule has 1 atom stereocenters. The van der Waals surface area contributed by atoms with E-state index in [2.05, 4.69) is 17.0 Å². The largest absolute Gasteiger partial charge is 0.461 e. The van der Waals surface area contributed by atoms with Crippen LogP contribution in [0.25, 0.3) is 0 Å². The molecule has 0 amide bonds. The van der Waals surface area contributed by atoms with Gasteiger partial charge < -0.3 is 9.26 Å². The average Bonchev–Trinajstić information content (AvgIpc) is 3.01. The lowest BCUT2D eigenvalue weighted by Gasteiger charge is -2.34. The first kappa shape index (κ1) is 20.3. The van der Waals surface area contributed by atoms with Gasteiger partial charge in [-0.1, -0.05) is 12.1 Å². The highest BCUT2D eigenvalue weighted by atomic mass is 32.2. The Kier molecular flexibility index (Phi) is 6.22. The Morgan fingerprint density at radius 1 is 1.22 bits per heavy atom. The summed E-state index contributed by atoms with van der Waals surface area (Å²) in [4.78, 5) is 15.0. The van der Waals surface area contributed by atoms with E-state index in [0.717, 1.165) is 32.5 Å². The fourth-order valence-corrected chi connectivity index (χ4v) is 5.72. The van der Waals surface area contributed by atoms with E-state index in [1.165, 1.54) is 4.31 Å². The SMILES string of the molecule is CCN1CCCC(OC(=O)C2CCN(S(=O)(=O)c3c(C)noc3C)CC2)C1. The van der Waals surface area contributed by atoms with E-state index in [4.69, 9.17) is 9.26 Å². The molecule has 8 nitrogen and oxygen atoms in total. The molecular formula is C18H29N3O5S. The zero-order valence-corrected chi connectivity index (χ0v) is 17.1. The number of rotatable bonds is 5. The normalized spacial score (nSPS) is 23.4. The van der Waals surface area contributed by atoms with Crippen molar-refractivity contribution in [3.05, 3.63) is 11.5 Å². The third-order valence-corrected chi connectivity index (χ3v) is 7.69. The Labute approximate surface area is 160 Å². The highest BCUT2D eigenvalue weighted by molar-refractivity contribution is 7.89. The minimum absolute atomic E-state index is 0.0460. The third kappa shape index (κ3) is 4.35. The lowest BCUT2D eigenvalue weighted by molar-refractivity contribution is -0.158. The van der Waals surface area contributed by atoms with E-state index in [9.17, 15) is 13.2 Å². The summed E-state index contributed by atoms with van der Waals surface area (Å²) in [5, 5.41) is 3.74. The molecule has 1 aromatic heterocycles. The summed E-state index contributed by atoms with van der Waals surface area (Å²) >= 11 is 0. The summed E-state index contributed by atoms with van der Waals surface area (Å²) in [6.07, 6.45) is 2.86. The van der Waals surface area contributed by atoms with Gasteiger partial charge in [-0.25, -0.2) is 8.42 Å². The Hall–Kier alpha value is -1.45. The second-order valence-corrected chi connectivity index (χ2v) is 9.30. The van der Waals surface area contributed by atoms with Gasteiger partial charge in [-0.3, -0.25) is 9.69 Å². The van der Waals surface area contributed by atoms with E-state index in [1.54, 1.807) is 13.8 Å². The number of hydrogen-bond donors (Lipinski definition) is 0. The first-order chi connectivity index (χ1) is 12.8. The maximum Gasteiger partial charge on any atom is 0.309 e. The summed E-state index contributed by atoms with van der Waals surface area (Å²) in [5.41, 5.74) is 0.367. The number of hydrogen-bond acceptors (Lipinski definition) is 7. The van der Waals surface area contributed by atoms with Crippen LogP contribution >= 0.6 is 0 Å². The lowest BCUT2D eigenvalue weighted by atomic mass is 9.98. The van der Waals surface area contributed by atoms with Gasteiger partial charge in [-0.05, 0) is 52.6 Å². The Morgan fingerprint density at radius 3 is 2.52 bits per heavy atom. The number of carbonyl (C=O) groups is 1. The number of piperidine rings is 2. The van der Waals surface area contributed by atoms with E-state index in [0.29, 0.717) is 37.4 Å². The van der Waals surface area contributed by atoms with Crippen LogP contribution in [0.5, 0.6) is 0 Å². The molecule has 2 aliphatic heterocycles. The van der Waals surface area contributed by atoms with Gasteiger partial charge in [-0.2, -0.15) is 4.31 Å². The summed E-state index contributed by atoms with van der Waals surface area (Å²) in [5.74, 6) is -0.128. The van der Waals surface area contributed by atoms with Gasteiger partial charge >= 0.3 is 5.97 Å². The minimum Gasteiger partial charge on any atom is -0.461 e. The number of nitrogens with zero attached hydrogens (tertiary/aromatic N) is 3. The maximum absolute atomic E-state index is 12.9. The Balaban J connectivity index is 1.56. The van der Waals surface area contributed by atoms with Crippen molar-refractivity contribution < 1.29 is 22.5 Å². The van der Waals surface area contributed by atoms with E-state index >= 15 is 0 Å². The van der Waals surface area contributed by atoms with Crippen LogP contribution in [0, 0.1) is 19.8 Å². The zero-order valence-electron chi connectivity index (χ0n) is 16.3. The molecule has 0 N–H and O–H groups in total. The van der Waals surface area contributed by atoms with Crippen LogP contribution < -0.4 is 0 Å². The molecule has 0 aliphatic carbocycles. The van der Waals surface area contributed by atoms with E-state index in [-0.39, 0.29) is 22.9 Å². The van der Waals surface area contributed by atoms with Crippen molar-refractivity contribution in [2.45, 2.75) is 57.5 Å². The molecule has 27 heavy (non-hydrogen) atoms. The van der Waals surface area contributed by atoms with Crippen LogP contribution in [0.3, 0.4) is 0 Å². The van der Waals surface area contributed by atoms with Gasteiger partial charge in [0.25, 0.3) is 0 Å². The summed E-state index contributed by atoms with van der Waals surface area (Å²) in [6.45, 7) is 8.75. The standard InChI is InChI=1S/C18H29N3O5S/c1-4-20-9-5-6-16(12-20)25-18(22)15-7-10-21(11-8-15)27(23,24)17-13(2)19-26-14(17)3/h15-16H,4-12H2,1-3H3. The second kappa shape index (κ2) is 8.28. The molecule has 0 spiro atoms. The van der Waals surface area contributed by atoms with E-state index in [1.807, 2.05) is 0 Å². The topological polar surface area (TPSA) is 93.0 Å². The van der Waals surface area contributed by atoms with Crippen molar-refractivity contribution in [2.24, 2.45) is 5.92 Å². The van der Waals surface area contributed by atoms with Gasteiger partial charge in [0.15, 0.2) is 5.76 Å². The number of likely N-dealkylation sites (N-methyl/N-ethyl adjacent to an activating group) is 1. The van der Waals surface area contributed by atoms with Crippen LogP contribution in [0.1, 0.15) is 44.1 Å². The monoisotopic (exact) mass is 399 g/mol. The highest BCUT2D eigenvalue weighted by Gasteiger charge is 2.36. The van der Waals surface area contributed by atoms with E-state index < -0.39 is 10.0 Å². The van der Waals surface area contributed by atoms with Gasteiger partial charge in [0.1, 0.15) is 16.7 Å². The third-order valence-electron chi connectivity index (χ3n) is 5.55. The molecule has 0 aromatic carbocycles. The first-order valence-corrected chi connectivity index (χ1v) is 11.1. The minimum atomic E-state index is -3.65. The number of sulfonamides is 1. The van der Waals surface area contributed by atoms with Gasteiger partial charge in [0.05, 0.1) is 5.92 Å². The fourth-order valence-electron chi connectivity index (χ4n) is 3.96. The van der Waals surface area contributed by atoms with Crippen molar-refractivity contribution in [1.29, 1.82) is 0 Å². The molecule has 2 fully saturated rings. The molecule has 152 valence electrons.